The molecule has 2 heterocycles. The summed E-state index contributed by atoms with van der Waals surface area (Å²) < 4.78 is 28.6. The van der Waals surface area contributed by atoms with Gasteiger partial charge >= 0.3 is 0 Å². The quantitative estimate of drug-likeness (QED) is 0.351. The van der Waals surface area contributed by atoms with Crippen LogP contribution in [0.25, 0.3) is 0 Å². The van der Waals surface area contributed by atoms with E-state index in [0.717, 1.165) is 32.8 Å². The van der Waals surface area contributed by atoms with E-state index in [9.17, 15) is 8.42 Å². The summed E-state index contributed by atoms with van der Waals surface area (Å²) in [5.41, 5.74) is 2.47. The first-order chi connectivity index (χ1) is 12.5. The molecule has 0 saturated carbocycles. The highest BCUT2D eigenvalue weighted by Crippen LogP contribution is 2.12. The molecular weight excluding hydrogens is 479 g/mol. The van der Waals surface area contributed by atoms with Gasteiger partial charge in [-0.1, -0.05) is 24.3 Å². The molecule has 1 aromatic carbocycles. The first kappa shape index (κ1) is 22.4. The van der Waals surface area contributed by atoms with Gasteiger partial charge in [0, 0.05) is 39.3 Å². The Hall–Kier alpha value is -0.910. The number of hydrogen-bond acceptors (Lipinski definition) is 5. The zero-order valence-corrected chi connectivity index (χ0v) is 18.8. The van der Waals surface area contributed by atoms with Crippen molar-refractivity contribution in [1.82, 2.24) is 15.5 Å². The van der Waals surface area contributed by atoms with Crippen LogP contribution in [0.1, 0.15) is 17.5 Å². The van der Waals surface area contributed by atoms with Gasteiger partial charge in [0.1, 0.15) is 0 Å². The van der Waals surface area contributed by atoms with Gasteiger partial charge in [-0.05, 0) is 17.5 Å². The van der Waals surface area contributed by atoms with Crippen LogP contribution in [0.2, 0.25) is 0 Å². The molecule has 0 aliphatic carbocycles. The number of nitrogens with zero attached hydrogens (tertiary/aromatic N) is 2. The summed E-state index contributed by atoms with van der Waals surface area (Å²) in [7, 11) is -1.19. The molecule has 0 spiro atoms. The van der Waals surface area contributed by atoms with Crippen molar-refractivity contribution in [3.8, 4) is 0 Å². The van der Waals surface area contributed by atoms with Gasteiger partial charge in [0.15, 0.2) is 15.8 Å². The van der Waals surface area contributed by atoms with E-state index in [-0.39, 0.29) is 41.5 Å². The second kappa shape index (κ2) is 10.6. The van der Waals surface area contributed by atoms with Crippen LogP contribution < -0.4 is 10.6 Å². The minimum Gasteiger partial charge on any atom is -0.379 e. The lowest BCUT2D eigenvalue weighted by atomic mass is 10.1. The van der Waals surface area contributed by atoms with Gasteiger partial charge in [-0.25, -0.2) is 8.42 Å². The fourth-order valence-corrected chi connectivity index (χ4v) is 5.01. The van der Waals surface area contributed by atoms with Crippen molar-refractivity contribution in [3.63, 3.8) is 0 Å². The Morgan fingerprint density at radius 1 is 1.30 bits per heavy atom. The highest BCUT2D eigenvalue weighted by atomic mass is 127. The molecule has 1 atom stereocenters. The summed E-state index contributed by atoms with van der Waals surface area (Å²) in [6.07, 6.45) is 0.637. The Morgan fingerprint density at radius 3 is 2.70 bits per heavy atom. The molecule has 152 valence electrons. The summed E-state index contributed by atoms with van der Waals surface area (Å²) in [5.74, 6) is 1.08. The minimum absolute atomic E-state index is 0. The highest BCUT2D eigenvalue weighted by Gasteiger charge is 2.28. The molecule has 0 radical (unpaired) electrons. The molecule has 1 aromatic rings. The standard InChI is InChI=1S/C18H28N4O3S.HI/c1-19-18(21-17-5-10-26(23,24)14-17)20-12-15-3-2-4-16(11-15)13-22-6-8-25-9-7-22;/h2-4,11,17H,5-10,12-14H2,1H3,(H2,19,20,21);1H. The molecule has 7 nitrogen and oxygen atoms in total. The number of benzene rings is 1. The molecule has 2 aliphatic rings. The maximum Gasteiger partial charge on any atom is 0.191 e. The Bertz CT molecular complexity index is 736. The predicted octanol–water partition coefficient (Wildman–Crippen LogP) is 0.989. The van der Waals surface area contributed by atoms with E-state index in [1.165, 1.54) is 11.1 Å². The Morgan fingerprint density at radius 2 is 2.04 bits per heavy atom. The van der Waals surface area contributed by atoms with Crippen molar-refractivity contribution in [2.45, 2.75) is 25.6 Å². The summed E-state index contributed by atoms with van der Waals surface area (Å²) >= 11 is 0. The van der Waals surface area contributed by atoms with Gasteiger partial charge in [-0.3, -0.25) is 9.89 Å². The molecule has 2 fully saturated rings. The Balaban J connectivity index is 0.00000261. The number of ether oxygens (including phenoxy) is 1. The monoisotopic (exact) mass is 508 g/mol. The van der Waals surface area contributed by atoms with E-state index in [1.807, 2.05) is 0 Å². The SMILES string of the molecule is CN=C(NCc1cccc(CN2CCOCC2)c1)NC1CCS(=O)(=O)C1.I. The fraction of sp³-hybridized carbons (Fsp3) is 0.611. The number of hydrogen-bond donors (Lipinski definition) is 2. The van der Waals surface area contributed by atoms with Crippen LogP contribution in [-0.4, -0.2) is 70.2 Å². The lowest BCUT2D eigenvalue weighted by Gasteiger charge is -2.26. The normalized spacial score (nSPS) is 22.9. The molecule has 27 heavy (non-hydrogen) atoms. The number of halogens is 1. The van der Waals surface area contributed by atoms with E-state index in [1.54, 1.807) is 7.05 Å². The van der Waals surface area contributed by atoms with Gasteiger partial charge < -0.3 is 15.4 Å². The zero-order valence-electron chi connectivity index (χ0n) is 15.7. The van der Waals surface area contributed by atoms with Crippen LogP contribution in [0.3, 0.4) is 0 Å². The average Bonchev–Trinajstić information content (AvgIpc) is 2.98. The van der Waals surface area contributed by atoms with Crippen molar-refractivity contribution in [3.05, 3.63) is 35.4 Å². The largest absolute Gasteiger partial charge is 0.379 e. The zero-order chi connectivity index (χ0) is 18.4. The lowest BCUT2D eigenvalue weighted by molar-refractivity contribution is 0.0342. The highest BCUT2D eigenvalue weighted by molar-refractivity contribution is 14.0. The van der Waals surface area contributed by atoms with Crippen LogP contribution in [-0.2, 0) is 27.7 Å². The summed E-state index contributed by atoms with van der Waals surface area (Å²) in [5, 5.41) is 6.49. The summed E-state index contributed by atoms with van der Waals surface area (Å²) in [4.78, 5) is 6.61. The van der Waals surface area contributed by atoms with E-state index in [4.69, 9.17) is 4.74 Å². The van der Waals surface area contributed by atoms with E-state index < -0.39 is 9.84 Å². The number of aliphatic imine (C=N–C) groups is 1. The van der Waals surface area contributed by atoms with Crippen LogP contribution in [0.5, 0.6) is 0 Å². The van der Waals surface area contributed by atoms with E-state index in [0.29, 0.717) is 18.9 Å². The molecule has 2 saturated heterocycles. The second-order valence-corrected chi connectivity index (χ2v) is 9.11. The number of morpholine rings is 1. The molecule has 1 unspecified atom stereocenters. The Kier molecular flexibility index (Phi) is 8.77. The van der Waals surface area contributed by atoms with Crippen molar-refractivity contribution in [2.75, 3.05) is 44.9 Å². The van der Waals surface area contributed by atoms with Gasteiger partial charge in [-0.2, -0.15) is 0 Å². The molecule has 2 aliphatic heterocycles. The third kappa shape index (κ3) is 7.20. The van der Waals surface area contributed by atoms with Crippen molar-refractivity contribution in [2.24, 2.45) is 4.99 Å². The lowest BCUT2D eigenvalue weighted by Crippen LogP contribution is -2.43. The molecule has 0 amide bonds. The van der Waals surface area contributed by atoms with E-state index in [2.05, 4.69) is 44.8 Å². The van der Waals surface area contributed by atoms with Crippen LogP contribution in [0.15, 0.2) is 29.3 Å². The van der Waals surface area contributed by atoms with Crippen molar-refractivity contribution < 1.29 is 13.2 Å². The third-order valence-corrected chi connectivity index (χ3v) is 6.53. The maximum atomic E-state index is 11.6. The third-order valence-electron chi connectivity index (χ3n) is 4.76. The van der Waals surface area contributed by atoms with Crippen LogP contribution >= 0.6 is 24.0 Å². The average molecular weight is 508 g/mol. The smallest absolute Gasteiger partial charge is 0.191 e. The Labute approximate surface area is 178 Å². The molecule has 0 aromatic heterocycles. The topological polar surface area (TPSA) is 83.0 Å². The minimum atomic E-state index is -2.90. The summed E-state index contributed by atoms with van der Waals surface area (Å²) in [6.45, 7) is 5.15. The molecular formula is C18H29IN4O3S. The van der Waals surface area contributed by atoms with Crippen molar-refractivity contribution >= 4 is 39.8 Å². The first-order valence-corrected chi connectivity index (χ1v) is 10.9. The van der Waals surface area contributed by atoms with Crippen molar-refractivity contribution in [1.29, 1.82) is 0 Å². The fourth-order valence-electron chi connectivity index (χ4n) is 3.34. The second-order valence-electron chi connectivity index (χ2n) is 6.88. The van der Waals surface area contributed by atoms with Crippen LogP contribution in [0.4, 0.5) is 0 Å². The number of rotatable bonds is 5. The molecule has 0 bridgehead atoms. The first-order valence-electron chi connectivity index (χ1n) is 9.09. The van der Waals surface area contributed by atoms with E-state index >= 15 is 0 Å². The molecule has 3 rings (SSSR count). The predicted molar refractivity (Wildman–Crippen MR) is 118 cm³/mol. The summed E-state index contributed by atoms with van der Waals surface area (Å²) in [6, 6.07) is 8.46. The van der Waals surface area contributed by atoms with Gasteiger partial charge in [0.25, 0.3) is 0 Å². The number of sulfone groups is 1. The van der Waals surface area contributed by atoms with Gasteiger partial charge in [0.2, 0.25) is 0 Å². The maximum absolute atomic E-state index is 11.6. The molecule has 9 heteroatoms. The van der Waals surface area contributed by atoms with Gasteiger partial charge in [0.05, 0.1) is 24.7 Å². The number of nitrogens with one attached hydrogen (secondary N) is 2. The number of guanidine groups is 1. The molecule has 2 N–H and O–H groups in total. The van der Waals surface area contributed by atoms with Gasteiger partial charge in [-0.15, -0.1) is 24.0 Å². The van der Waals surface area contributed by atoms with Crippen LogP contribution in [0, 0.1) is 0 Å².